The van der Waals surface area contributed by atoms with Gasteiger partial charge in [0.2, 0.25) is 10.0 Å². The number of rotatable bonds is 6. The Morgan fingerprint density at radius 2 is 2.00 bits per heavy atom. The zero-order valence-electron chi connectivity index (χ0n) is 18.0. The summed E-state index contributed by atoms with van der Waals surface area (Å²) in [4.78, 5) is 12.8. The van der Waals surface area contributed by atoms with E-state index in [0.717, 1.165) is 24.9 Å². The average molecular weight is 460 g/mol. The molecular weight excluding hydrogens is 433 g/mol. The molecule has 1 aliphatic rings. The van der Waals surface area contributed by atoms with Gasteiger partial charge in [-0.25, -0.2) is 12.8 Å². The zero-order chi connectivity index (χ0) is 22.9. The molecule has 0 radical (unpaired) electrons. The fourth-order valence-corrected chi connectivity index (χ4v) is 4.75. The molecule has 0 spiro atoms. The summed E-state index contributed by atoms with van der Waals surface area (Å²) in [5.41, 5.74) is 2.54. The first-order valence-electron chi connectivity index (χ1n) is 10.6. The molecule has 2 aromatic carbocycles. The number of carbonyl (C=O) groups is 1. The molecule has 1 atom stereocenters. The van der Waals surface area contributed by atoms with Crippen molar-refractivity contribution in [1.82, 2.24) is 10.6 Å². The number of benzene rings is 2. The van der Waals surface area contributed by atoms with Crippen LogP contribution in [0.15, 0.2) is 40.8 Å². The number of sulfonamides is 1. The van der Waals surface area contributed by atoms with E-state index in [-0.39, 0.29) is 17.6 Å². The highest BCUT2D eigenvalue weighted by Gasteiger charge is 2.27. The molecule has 0 bridgehead atoms. The van der Waals surface area contributed by atoms with E-state index in [1.54, 1.807) is 25.1 Å². The maximum atomic E-state index is 13.5. The predicted molar refractivity (Wildman–Crippen MR) is 123 cm³/mol. The van der Waals surface area contributed by atoms with E-state index in [1.807, 2.05) is 6.07 Å². The summed E-state index contributed by atoms with van der Waals surface area (Å²) in [5, 5.41) is 6.59. The van der Waals surface area contributed by atoms with Crippen LogP contribution in [0.4, 0.5) is 10.1 Å². The first-order chi connectivity index (χ1) is 15.3. The average Bonchev–Trinajstić information content (AvgIpc) is 3.17. The number of anilines is 1. The number of halogens is 1. The second kappa shape index (κ2) is 8.91. The van der Waals surface area contributed by atoms with Crippen molar-refractivity contribution in [2.45, 2.75) is 25.7 Å². The van der Waals surface area contributed by atoms with Gasteiger partial charge in [-0.15, -0.1) is 0 Å². The molecule has 3 N–H and O–H groups in total. The summed E-state index contributed by atoms with van der Waals surface area (Å²) in [6, 6.07) is 9.19. The fourth-order valence-electron chi connectivity index (χ4n) is 4.10. The van der Waals surface area contributed by atoms with Crippen LogP contribution in [0.5, 0.6) is 0 Å². The van der Waals surface area contributed by atoms with Crippen LogP contribution in [-0.4, -0.2) is 40.2 Å². The fraction of sp³-hybridized carbons (Fsp3) is 0.348. The highest BCUT2D eigenvalue weighted by Crippen LogP contribution is 2.40. The van der Waals surface area contributed by atoms with Gasteiger partial charge in [0.25, 0.3) is 5.91 Å². The molecule has 1 aromatic heterocycles. The van der Waals surface area contributed by atoms with Gasteiger partial charge < -0.3 is 15.1 Å². The summed E-state index contributed by atoms with van der Waals surface area (Å²) in [6.07, 6.45) is 1.87. The number of furan rings is 1. The quantitative estimate of drug-likeness (QED) is 0.520. The van der Waals surface area contributed by atoms with Gasteiger partial charge >= 0.3 is 0 Å². The number of hydrogen-bond donors (Lipinski definition) is 3. The Balaban J connectivity index is 1.96. The summed E-state index contributed by atoms with van der Waals surface area (Å²) in [7, 11) is -1.98. The van der Waals surface area contributed by atoms with Gasteiger partial charge in [0.05, 0.1) is 17.0 Å². The van der Waals surface area contributed by atoms with Gasteiger partial charge in [0.1, 0.15) is 17.2 Å². The summed E-state index contributed by atoms with van der Waals surface area (Å²) in [6.45, 7) is 3.20. The molecule has 0 saturated carbocycles. The van der Waals surface area contributed by atoms with Crippen LogP contribution in [0.3, 0.4) is 0 Å². The summed E-state index contributed by atoms with van der Waals surface area (Å²) >= 11 is 0. The van der Waals surface area contributed by atoms with Gasteiger partial charge in [0.15, 0.2) is 0 Å². The molecule has 4 rings (SSSR count). The molecule has 1 aliphatic heterocycles. The number of fused-ring (bicyclic) bond motifs is 1. The van der Waals surface area contributed by atoms with Crippen LogP contribution >= 0.6 is 0 Å². The Labute approximate surface area is 186 Å². The molecule has 1 amide bonds. The molecule has 1 saturated heterocycles. The van der Waals surface area contributed by atoms with E-state index in [4.69, 9.17) is 4.42 Å². The monoisotopic (exact) mass is 459 g/mol. The molecule has 7 nitrogen and oxygen atoms in total. The third-order valence-corrected chi connectivity index (χ3v) is 7.09. The lowest BCUT2D eigenvalue weighted by atomic mass is 9.89. The third-order valence-electron chi connectivity index (χ3n) is 5.80. The Bertz CT molecular complexity index is 1250. The minimum atomic E-state index is -3.52. The highest BCUT2D eigenvalue weighted by molar-refractivity contribution is 7.92. The van der Waals surface area contributed by atoms with Crippen molar-refractivity contribution in [3.63, 3.8) is 0 Å². The largest absolute Gasteiger partial charge is 0.455 e. The minimum absolute atomic E-state index is 0.0597. The normalized spacial score (nSPS) is 16.8. The second-order valence-corrected chi connectivity index (χ2v) is 9.89. The van der Waals surface area contributed by atoms with E-state index in [2.05, 4.69) is 15.4 Å². The maximum Gasteiger partial charge on any atom is 0.255 e. The van der Waals surface area contributed by atoms with Gasteiger partial charge in [-0.2, -0.15) is 0 Å². The van der Waals surface area contributed by atoms with Crippen molar-refractivity contribution >= 4 is 32.6 Å². The summed E-state index contributed by atoms with van der Waals surface area (Å²) in [5.74, 6) is -0.394. The van der Waals surface area contributed by atoms with Crippen molar-refractivity contribution in [3.8, 4) is 11.3 Å². The van der Waals surface area contributed by atoms with E-state index < -0.39 is 15.8 Å². The highest BCUT2D eigenvalue weighted by atomic mass is 32.2. The number of amides is 1. The van der Waals surface area contributed by atoms with Gasteiger partial charge in [-0.05, 0) is 68.1 Å². The number of piperidine rings is 1. The van der Waals surface area contributed by atoms with Gasteiger partial charge in [-0.3, -0.25) is 9.52 Å². The first-order valence-corrected chi connectivity index (χ1v) is 12.3. The lowest BCUT2D eigenvalue weighted by Crippen LogP contribution is -2.29. The molecule has 9 heteroatoms. The SMILES string of the molecule is CCS(=O)(=O)Nc1cc2oc(-c3ccc(F)cc3)c(C(=O)NC)c2cc1[C@H]1CCCNC1. The van der Waals surface area contributed by atoms with E-state index in [1.165, 1.54) is 19.2 Å². The van der Waals surface area contributed by atoms with Crippen molar-refractivity contribution in [2.24, 2.45) is 0 Å². The van der Waals surface area contributed by atoms with Gasteiger partial charge in [0, 0.05) is 30.6 Å². The maximum absolute atomic E-state index is 13.5. The van der Waals surface area contributed by atoms with Crippen molar-refractivity contribution < 1.29 is 22.0 Å². The lowest BCUT2D eigenvalue weighted by molar-refractivity contribution is 0.0964. The van der Waals surface area contributed by atoms with Crippen LogP contribution in [-0.2, 0) is 10.0 Å². The minimum Gasteiger partial charge on any atom is -0.455 e. The van der Waals surface area contributed by atoms with Crippen molar-refractivity contribution in [3.05, 3.63) is 53.3 Å². The Morgan fingerprint density at radius 3 is 2.62 bits per heavy atom. The van der Waals surface area contributed by atoms with Crippen LogP contribution in [0.25, 0.3) is 22.3 Å². The molecule has 2 heterocycles. The Kier molecular flexibility index (Phi) is 6.21. The number of hydrogen-bond acceptors (Lipinski definition) is 5. The van der Waals surface area contributed by atoms with Crippen LogP contribution in [0.2, 0.25) is 0 Å². The Hall–Kier alpha value is -2.91. The van der Waals surface area contributed by atoms with Gasteiger partial charge in [-0.1, -0.05) is 0 Å². The van der Waals surface area contributed by atoms with Crippen LogP contribution in [0.1, 0.15) is 41.6 Å². The molecule has 0 aliphatic carbocycles. The lowest BCUT2D eigenvalue weighted by Gasteiger charge is -2.25. The first kappa shape index (κ1) is 22.3. The molecule has 170 valence electrons. The van der Waals surface area contributed by atoms with Crippen molar-refractivity contribution in [1.29, 1.82) is 0 Å². The van der Waals surface area contributed by atoms with E-state index in [0.29, 0.717) is 40.1 Å². The Morgan fingerprint density at radius 1 is 1.25 bits per heavy atom. The van der Waals surface area contributed by atoms with E-state index in [9.17, 15) is 17.6 Å². The molecular formula is C23H26FN3O4S. The predicted octanol–water partition coefficient (Wildman–Crippen LogP) is 3.83. The van der Waals surface area contributed by atoms with E-state index >= 15 is 0 Å². The molecule has 0 unspecified atom stereocenters. The smallest absolute Gasteiger partial charge is 0.255 e. The third kappa shape index (κ3) is 4.35. The molecule has 1 fully saturated rings. The van der Waals surface area contributed by atoms with Crippen molar-refractivity contribution in [2.75, 3.05) is 30.6 Å². The number of nitrogens with one attached hydrogen (secondary N) is 3. The second-order valence-electron chi connectivity index (χ2n) is 7.88. The zero-order valence-corrected chi connectivity index (χ0v) is 18.8. The molecule has 32 heavy (non-hydrogen) atoms. The summed E-state index contributed by atoms with van der Waals surface area (Å²) < 4.78 is 46.9. The molecule has 3 aromatic rings. The standard InChI is InChI=1S/C23H26FN3O4S/c1-3-32(29,30)27-19-12-20-18(11-17(19)15-5-4-10-26-13-15)21(23(28)25-2)22(31-20)14-6-8-16(24)9-7-14/h6-9,11-12,15,26-27H,3-5,10,13H2,1-2H3,(H,25,28)/t15-/m0/s1. The van der Waals surface area contributed by atoms with Crippen LogP contribution < -0.4 is 15.4 Å². The van der Waals surface area contributed by atoms with Crippen LogP contribution in [0, 0.1) is 5.82 Å². The number of carbonyl (C=O) groups excluding carboxylic acids is 1. The topological polar surface area (TPSA) is 100 Å².